The Morgan fingerprint density at radius 3 is 2.67 bits per heavy atom. The fraction of sp³-hybridized carbons (Fsp3) is 0.462. The number of ether oxygens (including phenoxy) is 1. The van der Waals surface area contributed by atoms with Crippen LogP contribution in [0.5, 0.6) is 0 Å². The second kappa shape index (κ2) is 5.80. The SMILES string of the molecule is CCC(C(=O)OC)C(C)(O)c1ccc(F)cc1Br. The summed E-state index contributed by atoms with van der Waals surface area (Å²) in [6.07, 6.45) is 0.420. The van der Waals surface area contributed by atoms with Gasteiger partial charge in [-0.2, -0.15) is 0 Å². The zero-order valence-corrected chi connectivity index (χ0v) is 12.1. The highest BCUT2D eigenvalue weighted by Crippen LogP contribution is 2.36. The third-order valence-electron chi connectivity index (χ3n) is 3.05. The van der Waals surface area contributed by atoms with Gasteiger partial charge in [0.05, 0.1) is 13.0 Å². The van der Waals surface area contributed by atoms with Gasteiger partial charge in [-0.25, -0.2) is 4.39 Å². The lowest BCUT2D eigenvalue weighted by molar-refractivity contribution is -0.155. The van der Waals surface area contributed by atoms with Gasteiger partial charge in [-0.15, -0.1) is 0 Å². The molecule has 2 unspecified atom stereocenters. The third kappa shape index (κ3) is 2.90. The first-order valence-electron chi connectivity index (χ1n) is 5.60. The van der Waals surface area contributed by atoms with Crippen molar-refractivity contribution in [2.45, 2.75) is 25.9 Å². The predicted octanol–water partition coefficient (Wildman–Crippen LogP) is 2.99. The highest BCUT2D eigenvalue weighted by Gasteiger charge is 2.39. The Morgan fingerprint density at radius 2 is 2.22 bits per heavy atom. The Bertz CT molecular complexity index is 446. The van der Waals surface area contributed by atoms with E-state index in [-0.39, 0.29) is 0 Å². The Labute approximate surface area is 114 Å². The van der Waals surface area contributed by atoms with Gasteiger partial charge in [0.25, 0.3) is 0 Å². The molecular weight excluding hydrogens is 303 g/mol. The summed E-state index contributed by atoms with van der Waals surface area (Å²) >= 11 is 3.20. The molecule has 0 fully saturated rings. The molecule has 0 aliphatic rings. The second-order valence-electron chi connectivity index (χ2n) is 4.26. The van der Waals surface area contributed by atoms with E-state index in [0.29, 0.717) is 16.5 Å². The summed E-state index contributed by atoms with van der Waals surface area (Å²) < 4.78 is 18.2. The summed E-state index contributed by atoms with van der Waals surface area (Å²) in [5, 5.41) is 10.6. The van der Waals surface area contributed by atoms with Gasteiger partial charge in [-0.05, 0) is 31.0 Å². The van der Waals surface area contributed by atoms with E-state index < -0.39 is 23.3 Å². The van der Waals surface area contributed by atoms with Crippen molar-refractivity contribution < 1.29 is 19.0 Å². The number of aliphatic hydroxyl groups is 1. The summed E-state index contributed by atoms with van der Waals surface area (Å²) in [5.74, 6) is -1.60. The number of benzene rings is 1. The van der Waals surface area contributed by atoms with Crippen LogP contribution < -0.4 is 0 Å². The van der Waals surface area contributed by atoms with E-state index in [1.807, 2.05) is 0 Å². The molecule has 1 N–H and O–H groups in total. The standard InChI is InChI=1S/C13H16BrFO3/c1-4-9(12(16)18-3)13(2,17)10-6-5-8(15)7-11(10)14/h5-7,9,17H,4H2,1-3H3. The van der Waals surface area contributed by atoms with Crippen LogP contribution >= 0.6 is 15.9 Å². The average Bonchev–Trinajstić information content (AvgIpc) is 2.28. The van der Waals surface area contributed by atoms with Crippen molar-refractivity contribution in [3.63, 3.8) is 0 Å². The molecule has 0 bridgehead atoms. The number of hydrogen-bond donors (Lipinski definition) is 1. The summed E-state index contributed by atoms with van der Waals surface area (Å²) in [6, 6.07) is 3.97. The predicted molar refractivity (Wildman–Crippen MR) is 69.5 cm³/mol. The minimum Gasteiger partial charge on any atom is -0.469 e. The molecule has 5 heteroatoms. The summed E-state index contributed by atoms with van der Waals surface area (Å²) in [6.45, 7) is 3.31. The fourth-order valence-corrected chi connectivity index (χ4v) is 2.78. The molecule has 100 valence electrons. The van der Waals surface area contributed by atoms with E-state index in [0.717, 1.165) is 0 Å². The van der Waals surface area contributed by atoms with Gasteiger partial charge in [0.15, 0.2) is 0 Å². The van der Waals surface area contributed by atoms with Gasteiger partial charge in [-0.1, -0.05) is 28.9 Å². The largest absolute Gasteiger partial charge is 0.469 e. The molecule has 18 heavy (non-hydrogen) atoms. The number of rotatable bonds is 4. The van der Waals surface area contributed by atoms with E-state index in [1.165, 1.54) is 32.2 Å². The molecule has 0 saturated carbocycles. The monoisotopic (exact) mass is 318 g/mol. The normalized spacial score (nSPS) is 15.9. The van der Waals surface area contributed by atoms with E-state index in [2.05, 4.69) is 20.7 Å². The topological polar surface area (TPSA) is 46.5 Å². The minimum atomic E-state index is -1.42. The maximum Gasteiger partial charge on any atom is 0.311 e. The molecule has 1 rings (SSSR count). The first-order chi connectivity index (χ1) is 8.34. The van der Waals surface area contributed by atoms with Crippen molar-refractivity contribution in [3.05, 3.63) is 34.1 Å². The minimum absolute atomic E-state index is 0.410. The Hall–Kier alpha value is -0.940. The van der Waals surface area contributed by atoms with Gasteiger partial charge in [-0.3, -0.25) is 4.79 Å². The van der Waals surface area contributed by atoms with Crippen LogP contribution in [0.2, 0.25) is 0 Å². The highest BCUT2D eigenvalue weighted by molar-refractivity contribution is 9.10. The molecule has 0 saturated heterocycles. The number of carbonyl (C=O) groups is 1. The fourth-order valence-electron chi connectivity index (χ4n) is 2.02. The van der Waals surface area contributed by atoms with Gasteiger partial charge in [0, 0.05) is 4.47 Å². The molecule has 0 radical (unpaired) electrons. The maximum absolute atomic E-state index is 13.0. The molecular formula is C13H16BrFO3. The zero-order valence-electron chi connectivity index (χ0n) is 10.5. The van der Waals surface area contributed by atoms with Crippen molar-refractivity contribution in [2.75, 3.05) is 7.11 Å². The van der Waals surface area contributed by atoms with Crippen molar-refractivity contribution >= 4 is 21.9 Å². The number of esters is 1. The van der Waals surface area contributed by atoms with E-state index in [9.17, 15) is 14.3 Å². The molecule has 0 aliphatic heterocycles. The Kier molecular flexibility index (Phi) is 4.87. The maximum atomic E-state index is 13.0. The molecule has 1 aromatic rings. The summed E-state index contributed by atoms with van der Waals surface area (Å²) in [7, 11) is 1.28. The molecule has 0 heterocycles. The molecule has 2 atom stereocenters. The van der Waals surface area contributed by atoms with Crippen LogP contribution in [-0.4, -0.2) is 18.2 Å². The lowest BCUT2D eigenvalue weighted by Crippen LogP contribution is -2.38. The highest BCUT2D eigenvalue weighted by atomic mass is 79.9. The Morgan fingerprint density at radius 1 is 1.61 bits per heavy atom. The van der Waals surface area contributed by atoms with E-state index in [1.54, 1.807) is 6.92 Å². The van der Waals surface area contributed by atoms with E-state index in [4.69, 9.17) is 0 Å². The molecule has 0 aromatic heterocycles. The first-order valence-corrected chi connectivity index (χ1v) is 6.39. The van der Waals surface area contributed by atoms with Crippen molar-refractivity contribution in [2.24, 2.45) is 5.92 Å². The molecule has 1 aromatic carbocycles. The van der Waals surface area contributed by atoms with Crippen LogP contribution in [0.4, 0.5) is 4.39 Å². The van der Waals surface area contributed by atoms with Crippen molar-refractivity contribution in [1.82, 2.24) is 0 Å². The zero-order chi connectivity index (χ0) is 13.9. The molecule has 0 amide bonds. The van der Waals surface area contributed by atoms with Gasteiger partial charge >= 0.3 is 5.97 Å². The van der Waals surface area contributed by atoms with Gasteiger partial charge in [0.1, 0.15) is 11.4 Å². The molecule has 0 aliphatic carbocycles. The van der Waals surface area contributed by atoms with Crippen LogP contribution in [-0.2, 0) is 15.1 Å². The van der Waals surface area contributed by atoms with Crippen LogP contribution in [0, 0.1) is 11.7 Å². The van der Waals surface area contributed by atoms with Crippen molar-refractivity contribution in [3.8, 4) is 0 Å². The van der Waals surface area contributed by atoms with Gasteiger partial charge in [0.2, 0.25) is 0 Å². The first kappa shape index (κ1) is 15.1. The number of carbonyl (C=O) groups excluding carboxylic acids is 1. The van der Waals surface area contributed by atoms with E-state index >= 15 is 0 Å². The number of hydrogen-bond acceptors (Lipinski definition) is 3. The van der Waals surface area contributed by atoms with Gasteiger partial charge < -0.3 is 9.84 Å². The summed E-state index contributed by atoms with van der Waals surface area (Å²) in [5.41, 5.74) is -0.963. The quantitative estimate of drug-likeness (QED) is 0.868. The molecule has 0 spiro atoms. The lowest BCUT2D eigenvalue weighted by atomic mass is 9.81. The Balaban J connectivity index is 3.22. The average molecular weight is 319 g/mol. The third-order valence-corrected chi connectivity index (χ3v) is 3.70. The van der Waals surface area contributed by atoms with Crippen LogP contribution in [0.15, 0.2) is 22.7 Å². The second-order valence-corrected chi connectivity index (χ2v) is 5.11. The van der Waals surface area contributed by atoms with Crippen LogP contribution in [0.3, 0.4) is 0 Å². The lowest BCUT2D eigenvalue weighted by Gasteiger charge is -2.31. The van der Waals surface area contributed by atoms with Crippen LogP contribution in [0.1, 0.15) is 25.8 Å². The number of halogens is 2. The van der Waals surface area contributed by atoms with Crippen molar-refractivity contribution in [1.29, 1.82) is 0 Å². The number of methoxy groups -OCH3 is 1. The summed E-state index contributed by atoms with van der Waals surface area (Å²) in [4.78, 5) is 11.7. The smallest absolute Gasteiger partial charge is 0.311 e. The van der Waals surface area contributed by atoms with Crippen LogP contribution in [0.25, 0.3) is 0 Å². The molecule has 3 nitrogen and oxygen atoms in total.